The Morgan fingerprint density at radius 1 is 1.16 bits per heavy atom. The van der Waals surface area contributed by atoms with Crippen LogP contribution in [0.4, 0.5) is 15.8 Å². The normalized spacial score (nSPS) is 13.7. The van der Waals surface area contributed by atoms with Crippen LogP contribution in [0.25, 0.3) is 0 Å². The van der Waals surface area contributed by atoms with Crippen LogP contribution in [0.2, 0.25) is 0 Å². The number of benzene rings is 2. The Morgan fingerprint density at radius 3 is 2.48 bits per heavy atom. The van der Waals surface area contributed by atoms with Gasteiger partial charge >= 0.3 is 0 Å². The molecule has 25 heavy (non-hydrogen) atoms. The highest BCUT2D eigenvalue weighted by atomic mass is 19.1. The predicted octanol–water partition coefficient (Wildman–Crippen LogP) is 3.26. The SMILES string of the molecule is O=C(NCc1ccc(F)cc1)c1cc([N+](=O)[O-])ccc1N1CCCC1. The zero-order valence-electron chi connectivity index (χ0n) is 13.6. The van der Waals surface area contributed by atoms with Gasteiger partial charge in [0.1, 0.15) is 5.82 Å². The molecule has 0 atom stereocenters. The lowest BCUT2D eigenvalue weighted by atomic mass is 10.1. The minimum absolute atomic E-state index is 0.116. The summed E-state index contributed by atoms with van der Waals surface area (Å²) in [6.45, 7) is 1.88. The lowest BCUT2D eigenvalue weighted by Crippen LogP contribution is -2.27. The van der Waals surface area contributed by atoms with Crippen molar-refractivity contribution >= 4 is 17.3 Å². The lowest BCUT2D eigenvalue weighted by molar-refractivity contribution is -0.384. The number of carbonyl (C=O) groups is 1. The Hall–Kier alpha value is -2.96. The number of rotatable bonds is 5. The largest absolute Gasteiger partial charge is 0.371 e. The molecule has 130 valence electrons. The van der Waals surface area contributed by atoms with E-state index in [4.69, 9.17) is 0 Å². The number of halogens is 1. The topological polar surface area (TPSA) is 75.5 Å². The fourth-order valence-corrected chi connectivity index (χ4v) is 2.93. The first-order valence-corrected chi connectivity index (χ1v) is 8.10. The van der Waals surface area contributed by atoms with Crippen LogP contribution in [0.5, 0.6) is 0 Å². The van der Waals surface area contributed by atoms with E-state index in [1.165, 1.54) is 24.3 Å². The number of nitro groups is 1. The highest BCUT2D eigenvalue weighted by Gasteiger charge is 2.22. The van der Waals surface area contributed by atoms with Crippen LogP contribution in [0.3, 0.4) is 0 Å². The number of non-ortho nitro benzene ring substituents is 1. The molecule has 1 aliphatic heterocycles. The number of amides is 1. The standard InChI is InChI=1S/C18H18FN3O3/c19-14-5-3-13(4-6-14)12-20-18(23)16-11-15(22(24)25)7-8-17(16)21-9-1-2-10-21/h3-8,11H,1-2,9-10,12H2,(H,20,23). The molecule has 0 saturated carbocycles. The average Bonchev–Trinajstić information content (AvgIpc) is 3.15. The van der Waals surface area contributed by atoms with E-state index in [1.54, 1.807) is 18.2 Å². The van der Waals surface area contributed by atoms with Gasteiger partial charge in [0, 0.05) is 31.8 Å². The quantitative estimate of drug-likeness (QED) is 0.668. The van der Waals surface area contributed by atoms with Crippen LogP contribution in [-0.4, -0.2) is 23.9 Å². The van der Waals surface area contributed by atoms with Gasteiger partial charge in [0.05, 0.1) is 16.2 Å². The summed E-state index contributed by atoms with van der Waals surface area (Å²) in [4.78, 5) is 25.2. The molecule has 0 aliphatic carbocycles. The van der Waals surface area contributed by atoms with Gasteiger partial charge in [0.25, 0.3) is 11.6 Å². The van der Waals surface area contributed by atoms with Crippen LogP contribution in [0.1, 0.15) is 28.8 Å². The van der Waals surface area contributed by atoms with Crippen LogP contribution in [0.15, 0.2) is 42.5 Å². The summed E-state index contributed by atoms with van der Waals surface area (Å²) < 4.78 is 12.9. The van der Waals surface area contributed by atoms with Crippen molar-refractivity contribution in [2.45, 2.75) is 19.4 Å². The van der Waals surface area contributed by atoms with Gasteiger partial charge in [-0.15, -0.1) is 0 Å². The summed E-state index contributed by atoms with van der Waals surface area (Å²) in [6.07, 6.45) is 2.07. The van der Waals surface area contributed by atoms with Gasteiger partial charge in [0.2, 0.25) is 0 Å². The number of nitrogens with one attached hydrogen (secondary N) is 1. The maximum atomic E-state index is 12.9. The lowest BCUT2D eigenvalue weighted by Gasteiger charge is -2.20. The van der Waals surface area contributed by atoms with Crippen LogP contribution >= 0.6 is 0 Å². The van der Waals surface area contributed by atoms with Crippen molar-refractivity contribution in [2.24, 2.45) is 0 Å². The van der Waals surface area contributed by atoms with Crippen molar-refractivity contribution in [1.29, 1.82) is 0 Å². The first kappa shape index (κ1) is 16.9. The molecule has 1 heterocycles. The minimum atomic E-state index is -0.509. The van der Waals surface area contributed by atoms with Crippen molar-refractivity contribution in [1.82, 2.24) is 5.32 Å². The summed E-state index contributed by atoms with van der Waals surface area (Å²) in [7, 11) is 0. The monoisotopic (exact) mass is 343 g/mol. The molecule has 7 heteroatoms. The smallest absolute Gasteiger partial charge is 0.270 e. The third-order valence-corrected chi connectivity index (χ3v) is 4.25. The number of nitro benzene ring substituents is 1. The molecule has 0 spiro atoms. The molecular weight excluding hydrogens is 325 g/mol. The van der Waals surface area contributed by atoms with Gasteiger partial charge in [-0.3, -0.25) is 14.9 Å². The third-order valence-electron chi connectivity index (χ3n) is 4.25. The van der Waals surface area contributed by atoms with E-state index in [0.29, 0.717) is 11.3 Å². The third kappa shape index (κ3) is 3.93. The molecule has 2 aromatic rings. The minimum Gasteiger partial charge on any atom is -0.371 e. The first-order valence-electron chi connectivity index (χ1n) is 8.10. The Morgan fingerprint density at radius 2 is 1.84 bits per heavy atom. The van der Waals surface area contributed by atoms with Crippen molar-refractivity contribution in [2.75, 3.05) is 18.0 Å². The zero-order valence-corrected chi connectivity index (χ0v) is 13.6. The molecule has 1 saturated heterocycles. The van der Waals surface area contributed by atoms with E-state index >= 15 is 0 Å². The van der Waals surface area contributed by atoms with Crippen molar-refractivity contribution in [3.63, 3.8) is 0 Å². The second-order valence-electron chi connectivity index (χ2n) is 5.96. The maximum Gasteiger partial charge on any atom is 0.270 e. The van der Waals surface area contributed by atoms with E-state index in [9.17, 15) is 19.3 Å². The molecule has 1 fully saturated rings. The van der Waals surface area contributed by atoms with E-state index in [1.807, 2.05) is 0 Å². The molecular formula is C18H18FN3O3. The Kier molecular flexibility index (Phi) is 4.92. The van der Waals surface area contributed by atoms with Crippen LogP contribution < -0.4 is 10.2 Å². The van der Waals surface area contributed by atoms with Crippen LogP contribution in [-0.2, 0) is 6.54 Å². The fraction of sp³-hybridized carbons (Fsp3) is 0.278. The van der Waals surface area contributed by atoms with E-state index in [-0.39, 0.29) is 24.0 Å². The Labute approximate surface area is 144 Å². The summed E-state index contributed by atoms with van der Waals surface area (Å²) in [5.41, 5.74) is 1.63. The molecule has 1 amide bonds. The summed E-state index contributed by atoms with van der Waals surface area (Å²) in [6, 6.07) is 10.2. The highest BCUT2D eigenvalue weighted by molar-refractivity contribution is 6.00. The summed E-state index contributed by atoms with van der Waals surface area (Å²) in [5.74, 6) is -0.722. The van der Waals surface area contributed by atoms with Crippen molar-refractivity contribution in [3.05, 3.63) is 69.5 Å². The van der Waals surface area contributed by atoms with Gasteiger partial charge < -0.3 is 10.2 Å². The fourth-order valence-electron chi connectivity index (χ4n) is 2.93. The van der Waals surface area contributed by atoms with E-state index in [0.717, 1.165) is 31.5 Å². The van der Waals surface area contributed by atoms with E-state index < -0.39 is 4.92 Å². The van der Waals surface area contributed by atoms with Gasteiger partial charge in [-0.1, -0.05) is 12.1 Å². The molecule has 0 aromatic heterocycles. The molecule has 6 nitrogen and oxygen atoms in total. The van der Waals surface area contributed by atoms with Crippen molar-refractivity contribution in [3.8, 4) is 0 Å². The molecule has 0 bridgehead atoms. The molecule has 0 radical (unpaired) electrons. The molecule has 1 N–H and O–H groups in total. The number of anilines is 1. The van der Waals surface area contributed by atoms with Gasteiger partial charge in [-0.05, 0) is 36.6 Å². The van der Waals surface area contributed by atoms with Gasteiger partial charge in [-0.2, -0.15) is 0 Å². The predicted molar refractivity (Wildman–Crippen MR) is 92.1 cm³/mol. The van der Waals surface area contributed by atoms with Gasteiger partial charge in [-0.25, -0.2) is 4.39 Å². The first-order chi connectivity index (χ1) is 12.0. The zero-order chi connectivity index (χ0) is 17.8. The second-order valence-corrected chi connectivity index (χ2v) is 5.96. The molecule has 2 aromatic carbocycles. The number of hydrogen-bond donors (Lipinski definition) is 1. The number of hydrogen-bond acceptors (Lipinski definition) is 4. The highest BCUT2D eigenvalue weighted by Crippen LogP contribution is 2.28. The molecule has 0 unspecified atom stereocenters. The van der Waals surface area contributed by atoms with Crippen LogP contribution in [0, 0.1) is 15.9 Å². The van der Waals surface area contributed by atoms with Gasteiger partial charge in [0.15, 0.2) is 0 Å². The van der Waals surface area contributed by atoms with Crippen molar-refractivity contribution < 1.29 is 14.1 Å². The Bertz CT molecular complexity index is 787. The Balaban J connectivity index is 1.82. The molecule has 3 rings (SSSR count). The second kappa shape index (κ2) is 7.29. The average molecular weight is 343 g/mol. The number of nitrogens with zero attached hydrogens (tertiary/aromatic N) is 2. The van der Waals surface area contributed by atoms with E-state index in [2.05, 4.69) is 10.2 Å². The number of carbonyl (C=O) groups excluding carboxylic acids is 1. The maximum absolute atomic E-state index is 12.9. The molecule has 1 aliphatic rings. The summed E-state index contributed by atoms with van der Waals surface area (Å²) >= 11 is 0. The summed E-state index contributed by atoms with van der Waals surface area (Å²) in [5, 5.41) is 13.8.